The fourth-order valence-electron chi connectivity index (χ4n) is 3.85. The second-order valence-electron chi connectivity index (χ2n) is 7.99. The predicted octanol–water partition coefficient (Wildman–Crippen LogP) is 2.15. The van der Waals surface area contributed by atoms with Gasteiger partial charge in [-0.25, -0.2) is 17.9 Å². The molecule has 2 aromatic rings. The Morgan fingerprint density at radius 3 is 2.93 bits per heavy atom. The van der Waals surface area contributed by atoms with E-state index in [2.05, 4.69) is 30.5 Å². The van der Waals surface area contributed by atoms with Crippen LogP contribution in [0.2, 0.25) is 0 Å². The topological polar surface area (TPSA) is 138 Å². The molecule has 2 aliphatic rings. The third-order valence-electron chi connectivity index (χ3n) is 5.25. The monoisotopic (exact) mass is 434 g/mol. The van der Waals surface area contributed by atoms with Crippen molar-refractivity contribution in [2.45, 2.75) is 62.5 Å². The molecule has 0 aromatic carbocycles. The summed E-state index contributed by atoms with van der Waals surface area (Å²) in [5.41, 5.74) is 2.07. The molecule has 0 unspecified atom stereocenters. The van der Waals surface area contributed by atoms with Crippen molar-refractivity contribution in [2.75, 3.05) is 11.9 Å². The van der Waals surface area contributed by atoms with E-state index in [1.165, 1.54) is 0 Å². The third-order valence-corrected chi connectivity index (χ3v) is 6.77. The molecule has 10 nitrogen and oxygen atoms in total. The molecular formula is C19H26N6O4S. The summed E-state index contributed by atoms with van der Waals surface area (Å²) in [6, 6.07) is 3.51. The van der Waals surface area contributed by atoms with E-state index in [-0.39, 0.29) is 29.1 Å². The molecular weight excluding hydrogens is 408 g/mol. The van der Waals surface area contributed by atoms with Gasteiger partial charge in [0.15, 0.2) is 5.82 Å². The van der Waals surface area contributed by atoms with Gasteiger partial charge in [-0.15, -0.1) is 0 Å². The summed E-state index contributed by atoms with van der Waals surface area (Å²) in [7, 11) is -3.52. The third kappa shape index (κ3) is 4.57. The van der Waals surface area contributed by atoms with E-state index < -0.39 is 10.0 Å². The summed E-state index contributed by atoms with van der Waals surface area (Å²) in [6.07, 6.45) is 4.12. The molecule has 4 rings (SSSR count). The van der Waals surface area contributed by atoms with Crippen molar-refractivity contribution in [3.8, 4) is 0 Å². The van der Waals surface area contributed by atoms with Gasteiger partial charge in [-0.3, -0.25) is 10.1 Å². The highest BCUT2D eigenvalue weighted by molar-refractivity contribution is 7.89. The molecule has 1 fully saturated rings. The average molecular weight is 435 g/mol. The van der Waals surface area contributed by atoms with Crippen LogP contribution < -0.4 is 15.4 Å². The highest BCUT2D eigenvalue weighted by atomic mass is 32.2. The molecule has 11 heteroatoms. The number of anilines is 2. The lowest BCUT2D eigenvalue weighted by atomic mass is 10.0. The Morgan fingerprint density at radius 1 is 1.30 bits per heavy atom. The minimum atomic E-state index is -3.52. The Hall–Kier alpha value is -2.66. The normalized spacial score (nSPS) is 22.5. The van der Waals surface area contributed by atoms with Crippen molar-refractivity contribution in [2.24, 2.45) is 0 Å². The molecule has 2 atom stereocenters. The maximum Gasteiger partial charge on any atom is 0.407 e. The van der Waals surface area contributed by atoms with Crippen LogP contribution in [-0.4, -0.2) is 48.4 Å². The van der Waals surface area contributed by atoms with E-state index in [1.54, 1.807) is 12.3 Å². The van der Waals surface area contributed by atoms with Crippen molar-refractivity contribution in [3.05, 3.63) is 29.7 Å². The van der Waals surface area contributed by atoms with Gasteiger partial charge < -0.3 is 15.4 Å². The van der Waals surface area contributed by atoms with E-state index >= 15 is 0 Å². The van der Waals surface area contributed by atoms with Crippen LogP contribution >= 0.6 is 0 Å². The van der Waals surface area contributed by atoms with Crippen LogP contribution in [0.15, 0.2) is 23.2 Å². The minimum absolute atomic E-state index is 0.0415. The Morgan fingerprint density at radius 2 is 2.13 bits per heavy atom. The first-order valence-electron chi connectivity index (χ1n) is 10.1. The smallest absolute Gasteiger partial charge is 0.407 e. The number of amides is 1. The number of rotatable bonds is 5. The molecule has 4 N–H and O–H groups in total. The lowest BCUT2D eigenvalue weighted by Crippen LogP contribution is -2.33. The van der Waals surface area contributed by atoms with Crippen molar-refractivity contribution in [1.82, 2.24) is 25.2 Å². The van der Waals surface area contributed by atoms with Gasteiger partial charge >= 0.3 is 6.09 Å². The number of alkyl carbamates (subject to hydrolysis) is 1. The van der Waals surface area contributed by atoms with E-state index in [9.17, 15) is 13.2 Å². The summed E-state index contributed by atoms with van der Waals surface area (Å²) in [6.45, 7) is 4.15. The SMILES string of the molecule is CC(C)NC(=O)O[C@@H]1CC[C@H](c2cc(Nc3cnc4c(c3)S(=O)(=O)NCC4)n[nH]2)C1. The predicted molar refractivity (Wildman–Crippen MR) is 110 cm³/mol. The number of ether oxygens (including phenoxy) is 1. The van der Waals surface area contributed by atoms with E-state index in [1.807, 2.05) is 19.9 Å². The Balaban J connectivity index is 1.39. The number of sulfonamides is 1. The molecule has 3 heterocycles. The fraction of sp³-hybridized carbons (Fsp3) is 0.526. The fourth-order valence-corrected chi connectivity index (χ4v) is 5.12. The zero-order valence-corrected chi connectivity index (χ0v) is 17.8. The van der Waals surface area contributed by atoms with Crippen LogP contribution in [0.4, 0.5) is 16.3 Å². The molecule has 1 saturated carbocycles. The van der Waals surface area contributed by atoms with Gasteiger partial charge in [0.2, 0.25) is 10.0 Å². The number of H-pyrrole nitrogens is 1. The van der Waals surface area contributed by atoms with Crippen LogP contribution in [0, 0.1) is 0 Å². The standard InChI is InChI=1S/C19H26N6O4S/c1-11(2)22-19(26)29-14-4-3-12(7-14)16-9-18(25-24-16)23-13-8-17-15(20-10-13)5-6-21-30(17,27)28/h8-12,14,21H,3-7H2,1-2H3,(H,22,26)(H2,23,24,25)/t12-,14+/m0/s1. The second-order valence-corrected chi connectivity index (χ2v) is 9.72. The van der Waals surface area contributed by atoms with Crippen LogP contribution in [0.1, 0.15) is 50.4 Å². The van der Waals surface area contributed by atoms with Crippen molar-refractivity contribution < 1.29 is 17.9 Å². The molecule has 0 spiro atoms. The van der Waals surface area contributed by atoms with Crippen LogP contribution in [0.5, 0.6) is 0 Å². The Bertz CT molecular complexity index is 1040. The first-order chi connectivity index (χ1) is 14.3. The molecule has 1 aliphatic heterocycles. The number of pyridine rings is 1. The molecule has 0 saturated heterocycles. The zero-order chi connectivity index (χ0) is 21.3. The molecule has 30 heavy (non-hydrogen) atoms. The highest BCUT2D eigenvalue weighted by Gasteiger charge is 2.30. The maximum atomic E-state index is 12.2. The van der Waals surface area contributed by atoms with Gasteiger partial charge in [0, 0.05) is 36.7 Å². The number of carbonyl (C=O) groups excluding carboxylic acids is 1. The molecule has 1 aliphatic carbocycles. The number of carbonyl (C=O) groups is 1. The van der Waals surface area contributed by atoms with Gasteiger partial charge in [0.25, 0.3) is 0 Å². The number of nitrogens with one attached hydrogen (secondary N) is 4. The van der Waals surface area contributed by atoms with E-state index in [4.69, 9.17) is 4.74 Å². The summed E-state index contributed by atoms with van der Waals surface area (Å²) in [5, 5.41) is 13.2. The number of nitrogens with zero attached hydrogens (tertiary/aromatic N) is 2. The minimum Gasteiger partial charge on any atom is -0.446 e. The first-order valence-corrected chi connectivity index (χ1v) is 11.6. The number of hydrogen-bond donors (Lipinski definition) is 4. The first kappa shape index (κ1) is 20.6. The van der Waals surface area contributed by atoms with Crippen molar-refractivity contribution >= 4 is 27.6 Å². The lowest BCUT2D eigenvalue weighted by molar-refractivity contribution is 0.0981. The molecule has 2 aromatic heterocycles. The quantitative estimate of drug-likeness (QED) is 0.566. The van der Waals surface area contributed by atoms with Gasteiger partial charge in [0.05, 0.1) is 17.6 Å². The van der Waals surface area contributed by atoms with Crippen LogP contribution in [0.3, 0.4) is 0 Å². The number of aromatic nitrogens is 3. The molecule has 162 valence electrons. The van der Waals surface area contributed by atoms with Gasteiger partial charge in [0.1, 0.15) is 11.0 Å². The van der Waals surface area contributed by atoms with Crippen molar-refractivity contribution in [1.29, 1.82) is 0 Å². The summed E-state index contributed by atoms with van der Waals surface area (Å²) >= 11 is 0. The lowest BCUT2D eigenvalue weighted by Gasteiger charge is -2.17. The summed E-state index contributed by atoms with van der Waals surface area (Å²) in [5.74, 6) is 0.797. The van der Waals surface area contributed by atoms with Crippen LogP contribution in [0.25, 0.3) is 0 Å². The summed E-state index contributed by atoms with van der Waals surface area (Å²) in [4.78, 5) is 16.3. The number of aromatic amines is 1. The number of fused-ring (bicyclic) bond motifs is 1. The second kappa shape index (κ2) is 8.23. The van der Waals surface area contributed by atoms with Crippen LogP contribution in [-0.2, 0) is 21.2 Å². The van der Waals surface area contributed by atoms with Gasteiger partial charge in [-0.2, -0.15) is 5.10 Å². The number of hydrogen-bond acceptors (Lipinski definition) is 7. The zero-order valence-electron chi connectivity index (χ0n) is 16.9. The Kier molecular flexibility index (Phi) is 5.65. The molecule has 1 amide bonds. The maximum absolute atomic E-state index is 12.2. The highest BCUT2D eigenvalue weighted by Crippen LogP contribution is 2.36. The van der Waals surface area contributed by atoms with Crippen molar-refractivity contribution in [3.63, 3.8) is 0 Å². The molecule has 0 bridgehead atoms. The Labute approximate surface area is 175 Å². The summed E-state index contributed by atoms with van der Waals surface area (Å²) < 4.78 is 32.4. The van der Waals surface area contributed by atoms with Gasteiger partial charge in [-0.1, -0.05) is 0 Å². The van der Waals surface area contributed by atoms with Gasteiger partial charge in [-0.05, 0) is 39.2 Å². The van der Waals surface area contributed by atoms with E-state index in [0.717, 1.165) is 25.0 Å². The molecule has 0 radical (unpaired) electrons. The largest absolute Gasteiger partial charge is 0.446 e. The average Bonchev–Trinajstić information content (AvgIpc) is 3.31. The van der Waals surface area contributed by atoms with E-state index in [0.29, 0.717) is 30.2 Å².